The summed E-state index contributed by atoms with van der Waals surface area (Å²) in [5.74, 6) is 0. The van der Waals surface area contributed by atoms with E-state index in [0.29, 0.717) is 6.54 Å². The zero-order chi connectivity index (χ0) is 12.1. The smallest absolute Gasteiger partial charge is 0.0962 e. The number of nitrogens with two attached hydrogens (primary N) is 1. The van der Waals surface area contributed by atoms with Crippen LogP contribution in [0.15, 0.2) is 18.3 Å². The molecule has 0 saturated heterocycles. The Morgan fingerprint density at radius 3 is 3.00 bits per heavy atom. The lowest BCUT2D eigenvalue weighted by Crippen LogP contribution is -2.19. The molecule has 0 amide bonds. The average Bonchev–Trinajstić information content (AvgIpc) is 2.93. The normalized spacial score (nSPS) is 10.9. The number of hydrogen-bond donors (Lipinski definition) is 2. The fourth-order valence-corrected chi connectivity index (χ4v) is 2.39. The fraction of sp³-hybridized carbons (Fsp3) is 0.455. The maximum Gasteiger partial charge on any atom is 0.0962 e. The number of aryl methyl sites for hydroxylation is 1. The van der Waals surface area contributed by atoms with Crippen molar-refractivity contribution in [1.29, 1.82) is 0 Å². The molecule has 3 N–H and O–H groups in total. The summed E-state index contributed by atoms with van der Waals surface area (Å²) in [7, 11) is 0. The van der Waals surface area contributed by atoms with Crippen LogP contribution in [-0.2, 0) is 19.6 Å². The van der Waals surface area contributed by atoms with Crippen molar-refractivity contribution in [2.45, 2.75) is 26.6 Å². The molecule has 2 aromatic rings. The van der Waals surface area contributed by atoms with Gasteiger partial charge in [0.05, 0.1) is 12.2 Å². The van der Waals surface area contributed by atoms with Gasteiger partial charge in [0, 0.05) is 35.6 Å². The number of hydrogen-bond acceptors (Lipinski definition) is 5. The van der Waals surface area contributed by atoms with Crippen LogP contribution in [0.25, 0.3) is 0 Å². The molecule has 0 aromatic carbocycles. The molecule has 17 heavy (non-hydrogen) atoms. The molecule has 5 nitrogen and oxygen atoms in total. The van der Waals surface area contributed by atoms with Gasteiger partial charge in [0.1, 0.15) is 0 Å². The van der Waals surface area contributed by atoms with E-state index < -0.39 is 0 Å². The van der Waals surface area contributed by atoms with Gasteiger partial charge in [-0.25, -0.2) is 0 Å². The number of nitrogens with one attached hydrogen (secondary N) is 1. The predicted octanol–water partition coefficient (Wildman–Crippen LogP) is 0.897. The molecule has 0 atom stereocenters. The lowest BCUT2D eigenvalue weighted by Gasteiger charge is -2.02. The first-order valence-corrected chi connectivity index (χ1v) is 6.44. The topological polar surface area (TPSA) is 68.8 Å². The lowest BCUT2D eigenvalue weighted by atomic mass is 10.4. The minimum Gasteiger partial charge on any atom is -0.325 e. The Morgan fingerprint density at radius 2 is 2.35 bits per heavy atom. The second-order valence-electron chi connectivity index (χ2n) is 3.87. The van der Waals surface area contributed by atoms with E-state index in [0.717, 1.165) is 25.3 Å². The predicted molar refractivity (Wildman–Crippen MR) is 68.7 cm³/mol. The van der Waals surface area contributed by atoms with Crippen molar-refractivity contribution in [1.82, 2.24) is 20.3 Å². The number of nitrogens with zero attached hydrogens (tertiary/aromatic N) is 3. The van der Waals surface area contributed by atoms with E-state index in [-0.39, 0.29) is 0 Å². The van der Waals surface area contributed by atoms with Crippen LogP contribution >= 0.6 is 11.3 Å². The van der Waals surface area contributed by atoms with Crippen molar-refractivity contribution in [3.63, 3.8) is 0 Å². The summed E-state index contributed by atoms with van der Waals surface area (Å²) in [5, 5.41) is 11.3. The van der Waals surface area contributed by atoms with Gasteiger partial charge < -0.3 is 11.1 Å². The fourth-order valence-electron chi connectivity index (χ4n) is 1.53. The largest absolute Gasteiger partial charge is 0.325 e. The minimum atomic E-state index is 0.446. The standard InChI is InChI=1S/C11H17N5S/c1-9-2-3-11(17-9)7-13-4-5-16-8-10(6-12)14-15-16/h2-3,8,13H,4-7,12H2,1H3. The summed E-state index contributed by atoms with van der Waals surface area (Å²) in [6.07, 6.45) is 1.89. The first-order chi connectivity index (χ1) is 8.28. The van der Waals surface area contributed by atoms with Gasteiger partial charge in [-0.15, -0.1) is 16.4 Å². The summed E-state index contributed by atoms with van der Waals surface area (Å²) >= 11 is 1.83. The highest BCUT2D eigenvalue weighted by Gasteiger charge is 1.99. The third kappa shape index (κ3) is 3.62. The van der Waals surface area contributed by atoms with Crippen LogP contribution in [0.5, 0.6) is 0 Å². The zero-order valence-electron chi connectivity index (χ0n) is 9.89. The molecule has 0 spiro atoms. The highest BCUT2D eigenvalue weighted by molar-refractivity contribution is 7.11. The quantitative estimate of drug-likeness (QED) is 0.748. The van der Waals surface area contributed by atoms with Crippen LogP contribution in [0.2, 0.25) is 0 Å². The molecule has 0 radical (unpaired) electrons. The molecule has 2 aromatic heterocycles. The van der Waals surface area contributed by atoms with Crippen LogP contribution in [0, 0.1) is 6.92 Å². The van der Waals surface area contributed by atoms with Gasteiger partial charge in [-0.2, -0.15) is 0 Å². The Hall–Kier alpha value is -1.24. The summed E-state index contributed by atoms with van der Waals surface area (Å²) in [5.41, 5.74) is 6.30. The molecule has 6 heteroatoms. The van der Waals surface area contributed by atoms with Gasteiger partial charge in [-0.3, -0.25) is 4.68 Å². The Balaban J connectivity index is 1.69. The van der Waals surface area contributed by atoms with Crippen molar-refractivity contribution in [2.75, 3.05) is 6.54 Å². The maximum atomic E-state index is 5.47. The highest BCUT2D eigenvalue weighted by atomic mass is 32.1. The van der Waals surface area contributed by atoms with Crippen molar-refractivity contribution >= 4 is 11.3 Å². The van der Waals surface area contributed by atoms with Crippen LogP contribution in [0.1, 0.15) is 15.4 Å². The van der Waals surface area contributed by atoms with Gasteiger partial charge in [0.15, 0.2) is 0 Å². The molecule has 0 bridgehead atoms. The van der Waals surface area contributed by atoms with Crippen LogP contribution < -0.4 is 11.1 Å². The van der Waals surface area contributed by atoms with Crippen LogP contribution in [0.4, 0.5) is 0 Å². The van der Waals surface area contributed by atoms with Crippen LogP contribution in [-0.4, -0.2) is 21.5 Å². The molecular formula is C11H17N5S. The zero-order valence-corrected chi connectivity index (χ0v) is 10.7. The summed E-state index contributed by atoms with van der Waals surface area (Å²) in [6.45, 7) is 5.18. The van der Waals surface area contributed by atoms with E-state index in [4.69, 9.17) is 5.73 Å². The van der Waals surface area contributed by atoms with Gasteiger partial charge in [-0.05, 0) is 19.1 Å². The van der Waals surface area contributed by atoms with E-state index in [1.807, 2.05) is 22.2 Å². The summed E-state index contributed by atoms with van der Waals surface area (Å²) in [4.78, 5) is 2.72. The molecule has 0 fully saturated rings. The second-order valence-corrected chi connectivity index (χ2v) is 5.24. The highest BCUT2D eigenvalue weighted by Crippen LogP contribution is 2.14. The third-order valence-electron chi connectivity index (χ3n) is 2.41. The van der Waals surface area contributed by atoms with Gasteiger partial charge in [-0.1, -0.05) is 5.21 Å². The first kappa shape index (κ1) is 12.2. The summed E-state index contributed by atoms with van der Waals surface area (Å²) in [6, 6.07) is 4.31. The van der Waals surface area contributed by atoms with E-state index in [2.05, 4.69) is 34.7 Å². The minimum absolute atomic E-state index is 0.446. The molecule has 0 aliphatic carbocycles. The Bertz CT molecular complexity index is 462. The van der Waals surface area contributed by atoms with Crippen molar-refractivity contribution in [2.24, 2.45) is 5.73 Å². The van der Waals surface area contributed by atoms with Gasteiger partial charge in [0.2, 0.25) is 0 Å². The van der Waals surface area contributed by atoms with Gasteiger partial charge >= 0.3 is 0 Å². The Morgan fingerprint density at radius 1 is 1.47 bits per heavy atom. The van der Waals surface area contributed by atoms with Crippen molar-refractivity contribution in [3.8, 4) is 0 Å². The van der Waals surface area contributed by atoms with E-state index in [9.17, 15) is 0 Å². The molecule has 0 unspecified atom stereocenters. The molecule has 2 rings (SSSR count). The van der Waals surface area contributed by atoms with Gasteiger partial charge in [0.25, 0.3) is 0 Å². The molecule has 0 saturated carbocycles. The van der Waals surface area contributed by atoms with Crippen molar-refractivity contribution < 1.29 is 0 Å². The molecular weight excluding hydrogens is 234 g/mol. The lowest BCUT2D eigenvalue weighted by molar-refractivity contribution is 0.542. The molecule has 2 heterocycles. The maximum absolute atomic E-state index is 5.47. The van der Waals surface area contributed by atoms with E-state index in [1.54, 1.807) is 0 Å². The number of thiophene rings is 1. The Labute approximate surface area is 105 Å². The number of aromatic nitrogens is 3. The average molecular weight is 251 g/mol. The van der Waals surface area contributed by atoms with Crippen LogP contribution in [0.3, 0.4) is 0 Å². The van der Waals surface area contributed by atoms with E-state index >= 15 is 0 Å². The number of rotatable bonds is 6. The van der Waals surface area contributed by atoms with E-state index in [1.165, 1.54) is 9.75 Å². The summed E-state index contributed by atoms with van der Waals surface area (Å²) < 4.78 is 1.81. The first-order valence-electron chi connectivity index (χ1n) is 5.63. The Kier molecular flexibility index (Phi) is 4.24. The van der Waals surface area contributed by atoms with Crippen molar-refractivity contribution in [3.05, 3.63) is 33.8 Å². The third-order valence-corrected chi connectivity index (χ3v) is 3.41. The monoisotopic (exact) mass is 251 g/mol. The molecule has 0 aliphatic heterocycles. The SMILES string of the molecule is Cc1ccc(CNCCn2cc(CN)nn2)s1. The molecule has 92 valence electrons. The second kappa shape index (κ2) is 5.90. The molecule has 0 aliphatic rings.